The van der Waals surface area contributed by atoms with Crippen LogP contribution in [0.3, 0.4) is 0 Å². The lowest BCUT2D eigenvalue weighted by atomic mass is 10.1. The minimum absolute atomic E-state index is 0.330. The van der Waals surface area contributed by atoms with Gasteiger partial charge in [-0.15, -0.1) is 0 Å². The van der Waals surface area contributed by atoms with Gasteiger partial charge in [-0.2, -0.15) is 0 Å². The monoisotopic (exact) mass is 397 g/mol. The molecule has 0 heterocycles. The van der Waals surface area contributed by atoms with Crippen LogP contribution in [-0.4, -0.2) is 13.1 Å². The zero-order valence-electron chi connectivity index (χ0n) is 10.8. The topological polar surface area (TPSA) is 38.3 Å². The Labute approximate surface area is 134 Å². The number of hydrogen-bond acceptors (Lipinski definition) is 3. The van der Waals surface area contributed by atoms with Crippen molar-refractivity contribution in [3.63, 3.8) is 0 Å². The summed E-state index contributed by atoms with van der Waals surface area (Å²) in [6, 6.07) is 14.7. The van der Waals surface area contributed by atoms with Crippen molar-refractivity contribution in [3.8, 4) is 0 Å². The highest BCUT2D eigenvalue weighted by Crippen LogP contribution is 2.28. The number of esters is 1. The highest BCUT2D eigenvalue weighted by Gasteiger charge is 2.21. The van der Waals surface area contributed by atoms with Crippen molar-refractivity contribution in [2.45, 2.75) is 6.04 Å². The third-order valence-corrected chi connectivity index (χ3v) is 4.68. The molecule has 0 radical (unpaired) electrons. The van der Waals surface area contributed by atoms with E-state index >= 15 is 0 Å². The van der Waals surface area contributed by atoms with Crippen LogP contribution in [-0.2, 0) is 9.53 Å². The molecule has 0 aromatic heterocycles. The lowest BCUT2D eigenvalue weighted by molar-refractivity contribution is -0.141. The first-order valence-electron chi connectivity index (χ1n) is 5.96. The molecule has 104 valence electrons. The van der Waals surface area contributed by atoms with Crippen molar-refractivity contribution in [3.05, 3.63) is 63.0 Å². The first kappa shape index (κ1) is 15.1. The molecule has 1 atom stereocenters. The summed E-state index contributed by atoms with van der Waals surface area (Å²) in [7, 11) is 1.38. The number of carbonyl (C=O) groups is 1. The van der Waals surface area contributed by atoms with Gasteiger partial charge in [-0.25, -0.2) is 4.79 Å². The van der Waals surface area contributed by atoms with Crippen LogP contribution in [0.4, 0.5) is 5.69 Å². The summed E-state index contributed by atoms with van der Waals surface area (Å²) in [5, 5.41) is 3.18. The van der Waals surface area contributed by atoms with Crippen molar-refractivity contribution < 1.29 is 9.53 Å². The van der Waals surface area contributed by atoms with Gasteiger partial charge in [0, 0.05) is 14.6 Å². The summed E-state index contributed by atoms with van der Waals surface area (Å²) in [4.78, 5) is 12.0. The molecule has 0 aliphatic heterocycles. The Morgan fingerprint density at radius 3 is 2.40 bits per heavy atom. The van der Waals surface area contributed by atoms with Crippen molar-refractivity contribution in [1.82, 2.24) is 0 Å². The number of hydrogen-bond donors (Lipinski definition) is 1. The highest BCUT2D eigenvalue weighted by molar-refractivity contribution is 9.13. The third kappa shape index (κ3) is 3.61. The second kappa shape index (κ2) is 6.90. The van der Waals surface area contributed by atoms with Crippen molar-refractivity contribution in [1.29, 1.82) is 0 Å². The summed E-state index contributed by atoms with van der Waals surface area (Å²) in [5.74, 6) is -0.330. The van der Waals surface area contributed by atoms with Gasteiger partial charge in [0.1, 0.15) is 0 Å². The van der Waals surface area contributed by atoms with E-state index in [1.807, 2.05) is 48.5 Å². The van der Waals surface area contributed by atoms with Crippen LogP contribution in [0.25, 0.3) is 0 Å². The van der Waals surface area contributed by atoms with Gasteiger partial charge >= 0.3 is 5.97 Å². The minimum Gasteiger partial charge on any atom is -0.467 e. The highest BCUT2D eigenvalue weighted by atomic mass is 79.9. The third-order valence-electron chi connectivity index (χ3n) is 2.80. The van der Waals surface area contributed by atoms with Crippen LogP contribution in [0.15, 0.2) is 57.5 Å². The molecule has 0 amide bonds. The van der Waals surface area contributed by atoms with E-state index in [-0.39, 0.29) is 5.97 Å². The number of benzene rings is 2. The Hall–Kier alpha value is -1.33. The van der Waals surface area contributed by atoms with Gasteiger partial charge in [-0.3, -0.25) is 0 Å². The average molecular weight is 399 g/mol. The predicted octanol–water partition coefficient (Wildman–Crippen LogP) is 4.54. The number of halogens is 2. The first-order valence-corrected chi connectivity index (χ1v) is 7.55. The molecule has 5 heteroatoms. The van der Waals surface area contributed by atoms with E-state index in [0.717, 1.165) is 20.2 Å². The Kier molecular flexibility index (Phi) is 5.20. The molecule has 0 bridgehead atoms. The smallest absolute Gasteiger partial charge is 0.332 e. The van der Waals surface area contributed by atoms with Crippen LogP contribution in [0, 0.1) is 0 Å². The van der Waals surface area contributed by atoms with Crippen LogP contribution < -0.4 is 5.32 Å². The van der Waals surface area contributed by atoms with Crippen LogP contribution in [0.2, 0.25) is 0 Å². The molecule has 0 spiro atoms. The second-order valence-corrected chi connectivity index (χ2v) is 5.85. The zero-order valence-corrected chi connectivity index (χ0v) is 13.9. The van der Waals surface area contributed by atoms with Crippen LogP contribution in [0.1, 0.15) is 11.6 Å². The number of anilines is 1. The molecular weight excluding hydrogens is 386 g/mol. The SMILES string of the molecule is COC(=O)C(Nc1ccccc1)c1ccc(Br)c(Br)c1. The molecule has 1 N–H and O–H groups in total. The lowest BCUT2D eigenvalue weighted by Crippen LogP contribution is -2.22. The molecule has 0 saturated heterocycles. The maximum absolute atomic E-state index is 12.0. The summed E-state index contributed by atoms with van der Waals surface area (Å²) in [6.07, 6.45) is 0. The standard InChI is InChI=1S/C15H13Br2NO2/c1-20-15(19)14(18-11-5-3-2-4-6-11)10-7-8-12(16)13(17)9-10/h2-9,14,18H,1H3. The average Bonchev–Trinajstić information content (AvgIpc) is 2.48. The zero-order chi connectivity index (χ0) is 14.5. The summed E-state index contributed by atoms with van der Waals surface area (Å²) < 4.78 is 6.70. The van der Waals surface area contributed by atoms with Gasteiger partial charge in [0.15, 0.2) is 6.04 Å². The molecule has 2 aromatic carbocycles. The summed E-state index contributed by atoms with van der Waals surface area (Å²) in [6.45, 7) is 0. The summed E-state index contributed by atoms with van der Waals surface area (Å²) >= 11 is 6.86. The first-order chi connectivity index (χ1) is 9.61. The fourth-order valence-corrected chi connectivity index (χ4v) is 2.43. The molecule has 2 aromatic rings. The number of para-hydroxylation sites is 1. The summed E-state index contributed by atoms with van der Waals surface area (Å²) in [5.41, 5.74) is 1.69. The molecule has 3 nitrogen and oxygen atoms in total. The molecule has 0 saturated carbocycles. The lowest BCUT2D eigenvalue weighted by Gasteiger charge is -2.18. The minimum atomic E-state index is -0.549. The van der Waals surface area contributed by atoms with E-state index in [1.165, 1.54) is 7.11 Å². The number of nitrogens with one attached hydrogen (secondary N) is 1. The molecule has 2 rings (SSSR count). The molecule has 20 heavy (non-hydrogen) atoms. The molecule has 1 unspecified atom stereocenters. The molecule has 0 aliphatic carbocycles. The largest absolute Gasteiger partial charge is 0.467 e. The Morgan fingerprint density at radius 1 is 1.10 bits per heavy atom. The number of methoxy groups -OCH3 is 1. The van der Waals surface area contributed by atoms with Crippen molar-refractivity contribution in [2.75, 3.05) is 12.4 Å². The van der Waals surface area contributed by atoms with Gasteiger partial charge in [0.25, 0.3) is 0 Å². The van der Waals surface area contributed by atoms with Crippen LogP contribution in [0.5, 0.6) is 0 Å². The van der Waals surface area contributed by atoms with Gasteiger partial charge in [-0.05, 0) is 61.7 Å². The van der Waals surface area contributed by atoms with E-state index in [9.17, 15) is 4.79 Å². The van der Waals surface area contributed by atoms with Gasteiger partial charge in [0.2, 0.25) is 0 Å². The van der Waals surface area contributed by atoms with Gasteiger partial charge in [-0.1, -0.05) is 24.3 Å². The number of carbonyl (C=O) groups excluding carboxylic acids is 1. The van der Waals surface area contributed by atoms with Crippen LogP contribution >= 0.6 is 31.9 Å². The van der Waals surface area contributed by atoms with E-state index in [1.54, 1.807) is 0 Å². The van der Waals surface area contributed by atoms with E-state index < -0.39 is 6.04 Å². The van der Waals surface area contributed by atoms with Gasteiger partial charge < -0.3 is 10.1 Å². The molecule has 0 aliphatic rings. The maximum atomic E-state index is 12.0. The quantitative estimate of drug-likeness (QED) is 0.768. The van der Waals surface area contributed by atoms with Gasteiger partial charge in [0.05, 0.1) is 7.11 Å². The molecular formula is C15H13Br2NO2. The Morgan fingerprint density at radius 2 is 1.80 bits per heavy atom. The Bertz CT molecular complexity index is 602. The van der Waals surface area contributed by atoms with E-state index in [0.29, 0.717) is 0 Å². The number of rotatable bonds is 4. The predicted molar refractivity (Wildman–Crippen MR) is 86.7 cm³/mol. The fourth-order valence-electron chi connectivity index (χ4n) is 1.79. The second-order valence-electron chi connectivity index (χ2n) is 4.14. The fraction of sp³-hybridized carbons (Fsp3) is 0.133. The van der Waals surface area contributed by atoms with E-state index in [2.05, 4.69) is 37.2 Å². The van der Waals surface area contributed by atoms with Crippen molar-refractivity contribution in [2.24, 2.45) is 0 Å². The maximum Gasteiger partial charge on any atom is 0.332 e. The molecule has 0 fully saturated rings. The Balaban J connectivity index is 2.32. The normalized spacial score (nSPS) is 11.8. The van der Waals surface area contributed by atoms with Crippen molar-refractivity contribution >= 4 is 43.5 Å². The van der Waals surface area contributed by atoms with E-state index in [4.69, 9.17) is 4.74 Å². The number of ether oxygens (including phenoxy) is 1.